The van der Waals surface area contributed by atoms with Crippen molar-refractivity contribution in [2.24, 2.45) is 0 Å². The molecule has 0 heterocycles. The van der Waals surface area contributed by atoms with Crippen molar-refractivity contribution >= 4 is 16.4 Å². The van der Waals surface area contributed by atoms with Gasteiger partial charge in [-0.05, 0) is 44.9 Å². The largest absolute Gasteiger partial charge is 0.524 e. The molecule has 0 saturated carbocycles. The molecule has 210 valence electrons. The third kappa shape index (κ3) is 11.0. The molecular weight excluding hydrogens is 510 g/mol. The molecule has 37 heavy (non-hydrogen) atoms. The molecule has 0 aliphatic heterocycles. The van der Waals surface area contributed by atoms with Crippen LogP contribution < -0.4 is 9.05 Å². The van der Waals surface area contributed by atoms with E-state index in [4.69, 9.17) is 28.6 Å². The topological polar surface area (TPSA) is 116 Å². The molecule has 0 spiro atoms. The van der Waals surface area contributed by atoms with Gasteiger partial charge in [0.1, 0.15) is 11.5 Å². The van der Waals surface area contributed by atoms with E-state index in [0.29, 0.717) is 5.75 Å². The Bertz CT molecular complexity index is 1090. The molecule has 0 amide bonds. The molecule has 0 aromatic heterocycles. The van der Waals surface area contributed by atoms with Crippen molar-refractivity contribution in [3.63, 3.8) is 0 Å². The van der Waals surface area contributed by atoms with Gasteiger partial charge in [0, 0.05) is 11.1 Å². The summed E-state index contributed by atoms with van der Waals surface area (Å²) in [6.45, 7) is 25.0. The predicted molar refractivity (Wildman–Crippen MR) is 152 cm³/mol. The summed E-state index contributed by atoms with van der Waals surface area (Å²) in [5.74, 6) is 0.792. The van der Waals surface area contributed by atoms with Gasteiger partial charge in [0.2, 0.25) is 0 Å². The average molecular weight is 557 g/mol. The van der Waals surface area contributed by atoms with Gasteiger partial charge >= 0.3 is 16.4 Å². The van der Waals surface area contributed by atoms with Crippen molar-refractivity contribution in [3.8, 4) is 11.5 Å². The van der Waals surface area contributed by atoms with E-state index in [2.05, 4.69) is 68.4 Å². The van der Waals surface area contributed by atoms with Crippen LogP contribution in [0.2, 0.25) is 0 Å². The van der Waals surface area contributed by atoms with Gasteiger partial charge in [-0.25, -0.2) is 4.57 Å². The highest BCUT2D eigenvalue weighted by atomic mass is 31.2. The first-order chi connectivity index (χ1) is 16.3. The second-order valence-electron chi connectivity index (χ2n) is 13.3. The standard InChI is InChI=1S/C14H23O4P.C14H23O3P/c1-13(2,3)10-7-8-12(18-19(15,16)17)11(9-10)14(4,5)6;1-13(2,3)10-7-8-12(17-18(15)16)11(9-10)14(4,5)6/h7-9H,1-6H3,(H2,15,16,17);7-9,15-16H,1-6H3. The Morgan fingerprint density at radius 3 is 1.27 bits per heavy atom. The maximum absolute atomic E-state index is 11.0. The Labute approximate surface area is 224 Å². The highest BCUT2D eigenvalue weighted by molar-refractivity contribution is 7.46. The maximum Gasteiger partial charge on any atom is 0.524 e. The lowest BCUT2D eigenvalue weighted by molar-refractivity contribution is 0.280. The van der Waals surface area contributed by atoms with Gasteiger partial charge in [0.15, 0.2) is 0 Å². The second-order valence-corrected chi connectivity index (χ2v) is 15.2. The highest BCUT2D eigenvalue weighted by Crippen LogP contribution is 2.44. The lowest BCUT2D eigenvalue weighted by Crippen LogP contribution is -2.17. The molecule has 0 radical (unpaired) electrons. The normalized spacial score (nSPS) is 13.2. The van der Waals surface area contributed by atoms with Crippen molar-refractivity contribution in [1.82, 2.24) is 0 Å². The van der Waals surface area contributed by atoms with Crippen molar-refractivity contribution in [3.05, 3.63) is 58.7 Å². The number of benzene rings is 2. The van der Waals surface area contributed by atoms with Crippen molar-refractivity contribution in [1.29, 1.82) is 0 Å². The predicted octanol–water partition coefficient (Wildman–Crippen LogP) is 7.63. The Balaban J connectivity index is 0.000000371. The lowest BCUT2D eigenvalue weighted by Gasteiger charge is -2.27. The van der Waals surface area contributed by atoms with E-state index in [1.807, 2.05) is 45.0 Å². The molecule has 7 nitrogen and oxygen atoms in total. The molecular formula is C28H46O7P2. The summed E-state index contributed by atoms with van der Waals surface area (Å²) in [6.07, 6.45) is 0. The van der Waals surface area contributed by atoms with E-state index >= 15 is 0 Å². The van der Waals surface area contributed by atoms with Crippen molar-refractivity contribution in [2.75, 3.05) is 0 Å². The number of hydrogen-bond donors (Lipinski definition) is 4. The number of phosphoric ester groups is 1. The summed E-state index contributed by atoms with van der Waals surface area (Å²) in [7, 11) is -6.92. The fourth-order valence-electron chi connectivity index (χ4n) is 3.54. The third-order valence-corrected chi connectivity index (χ3v) is 6.50. The maximum atomic E-state index is 11.0. The number of rotatable bonds is 4. The third-order valence-electron chi connectivity index (χ3n) is 5.70. The summed E-state index contributed by atoms with van der Waals surface area (Å²) >= 11 is 0. The molecule has 9 heteroatoms. The number of phosphoric acid groups is 1. The van der Waals surface area contributed by atoms with Gasteiger partial charge < -0.3 is 18.8 Å². The Morgan fingerprint density at radius 2 is 0.973 bits per heavy atom. The van der Waals surface area contributed by atoms with Crippen LogP contribution in [0.4, 0.5) is 0 Å². The molecule has 0 fully saturated rings. The zero-order valence-electron chi connectivity index (χ0n) is 24.4. The van der Waals surface area contributed by atoms with Crippen LogP contribution in [0.3, 0.4) is 0 Å². The molecule has 0 unspecified atom stereocenters. The molecule has 0 aliphatic rings. The molecule has 2 aromatic carbocycles. The fourth-order valence-corrected chi connectivity index (χ4v) is 4.29. The minimum atomic E-state index is -4.54. The molecule has 0 aliphatic carbocycles. The SMILES string of the molecule is CC(C)(C)c1ccc(OP(=O)(O)O)c(C(C)(C)C)c1.CC(C)(C)c1ccc(OP(O)O)c(C(C)(C)C)c1. The van der Waals surface area contributed by atoms with Crippen LogP contribution in [-0.4, -0.2) is 19.6 Å². The van der Waals surface area contributed by atoms with Crippen molar-refractivity contribution in [2.45, 2.75) is 105 Å². The smallest absolute Gasteiger partial charge is 0.427 e. The van der Waals surface area contributed by atoms with E-state index in [0.717, 1.165) is 16.7 Å². The van der Waals surface area contributed by atoms with E-state index in [9.17, 15) is 4.57 Å². The number of hydrogen-bond acceptors (Lipinski definition) is 5. The molecule has 0 saturated heterocycles. The Kier molecular flexibility index (Phi) is 10.6. The van der Waals surface area contributed by atoms with E-state index in [-0.39, 0.29) is 27.4 Å². The second kappa shape index (κ2) is 11.7. The van der Waals surface area contributed by atoms with Crippen LogP contribution in [-0.2, 0) is 26.2 Å². The van der Waals surface area contributed by atoms with E-state index in [1.54, 1.807) is 6.07 Å². The van der Waals surface area contributed by atoms with Gasteiger partial charge in [-0.3, -0.25) is 9.79 Å². The zero-order valence-corrected chi connectivity index (χ0v) is 26.2. The Morgan fingerprint density at radius 1 is 0.622 bits per heavy atom. The summed E-state index contributed by atoms with van der Waals surface area (Å²) < 4.78 is 20.9. The fraction of sp³-hybridized carbons (Fsp3) is 0.571. The summed E-state index contributed by atoms with van der Waals surface area (Å²) in [4.78, 5) is 36.0. The van der Waals surface area contributed by atoms with Gasteiger partial charge in [-0.2, -0.15) is 0 Å². The van der Waals surface area contributed by atoms with E-state index < -0.39 is 16.4 Å². The van der Waals surface area contributed by atoms with Crippen LogP contribution in [0.15, 0.2) is 36.4 Å². The molecule has 2 rings (SSSR count). The molecule has 2 aromatic rings. The summed E-state index contributed by atoms with van der Waals surface area (Å²) in [6, 6.07) is 11.3. The van der Waals surface area contributed by atoms with Crippen LogP contribution in [0.5, 0.6) is 11.5 Å². The first kappa shape index (κ1) is 33.6. The molecule has 4 N–H and O–H groups in total. The zero-order chi connectivity index (χ0) is 29.2. The van der Waals surface area contributed by atoms with Gasteiger partial charge in [0.25, 0.3) is 0 Å². The first-order valence-electron chi connectivity index (χ1n) is 12.2. The van der Waals surface area contributed by atoms with Gasteiger partial charge in [-0.1, -0.05) is 107 Å². The first-order valence-corrected chi connectivity index (χ1v) is 14.9. The molecule has 0 atom stereocenters. The highest BCUT2D eigenvalue weighted by Gasteiger charge is 2.27. The summed E-state index contributed by atoms with van der Waals surface area (Å²) in [5.41, 5.74) is 3.76. The van der Waals surface area contributed by atoms with Crippen LogP contribution in [0.1, 0.15) is 105 Å². The monoisotopic (exact) mass is 556 g/mol. The van der Waals surface area contributed by atoms with Crippen LogP contribution in [0, 0.1) is 0 Å². The molecule has 0 bridgehead atoms. The quantitative estimate of drug-likeness (QED) is 0.286. The van der Waals surface area contributed by atoms with Crippen LogP contribution >= 0.6 is 16.4 Å². The van der Waals surface area contributed by atoms with Gasteiger partial charge in [0.05, 0.1) is 0 Å². The van der Waals surface area contributed by atoms with Gasteiger partial charge in [-0.15, -0.1) is 0 Å². The average Bonchev–Trinajstić information content (AvgIpc) is 2.64. The minimum absolute atomic E-state index is 0.0271. The van der Waals surface area contributed by atoms with Crippen molar-refractivity contribution < 1.29 is 33.2 Å². The van der Waals surface area contributed by atoms with E-state index in [1.165, 1.54) is 5.56 Å². The van der Waals surface area contributed by atoms with Crippen LogP contribution in [0.25, 0.3) is 0 Å². The summed E-state index contributed by atoms with van der Waals surface area (Å²) in [5, 5.41) is 0. The minimum Gasteiger partial charge on any atom is -0.427 e. The Hall–Kier alpha value is -1.46. The lowest BCUT2D eigenvalue weighted by atomic mass is 9.80.